The van der Waals surface area contributed by atoms with Crippen LogP contribution < -0.4 is 4.74 Å². The van der Waals surface area contributed by atoms with Gasteiger partial charge in [-0.15, -0.1) is 0 Å². The molecule has 1 N–H and O–H groups in total. The number of nitrogens with zero attached hydrogens (tertiary/aromatic N) is 2. The summed E-state index contributed by atoms with van der Waals surface area (Å²) in [5.41, 5.74) is 3.99. The fourth-order valence-electron chi connectivity index (χ4n) is 5.60. The molecule has 0 radical (unpaired) electrons. The highest BCUT2D eigenvalue weighted by atomic mass is 19.1. The van der Waals surface area contributed by atoms with E-state index in [2.05, 4.69) is 65.6 Å². The lowest BCUT2D eigenvalue weighted by atomic mass is 9.97. The number of hydrogen-bond acceptors (Lipinski definition) is 5. The average Bonchev–Trinajstić information content (AvgIpc) is 3.46. The highest BCUT2D eigenvalue weighted by molar-refractivity contribution is 5.95. The molecule has 0 atom stereocenters. The molecule has 1 aliphatic carbocycles. The highest BCUT2D eigenvalue weighted by Crippen LogP contribution is 2.45. The number of ether oxygens (including phenoxy) is 1. The lowest BCUT2D eigenvalue weighted by molar-refractivity contribution is -0.0980. The monoisotopic (exact) mass is 562 g/mol. The SMILES string of the molecule is C=O.CO.COc1cc(F)c(C(=O)N2CCCC2)cc1C1CC1.c1ccc(C(c2ccccc2)N2CCCC2)cc1. The minimum atomic E-state index is -0.474. The number of hydrogen-bond donors (Lipinski definition) is 1. The number of methoxy groups -OCH3 is 1. The Bertz CT molecular complexity index is 1150. The van der Waals surface area contributed by atoms with Gasteiger partial charge >= 0.3 is 0 Å². The van der Waals surface area contributed by atoms with E-state index in [0.717, 1.165) is 51.4 Å². The van der Waals surface area contributed by atoms with E-state index in [9.17, 15) is 9.18 Å². The summed E-state index contributed by atoms with van der Waals surface area (Å²) in [5.74, 6) is 0.344. The van der Waals surface area contributed by atoms with Gasteiger partial charge < -0.3 is 19.5 Å². The molecule has 7 heteroatoms. The predicted octanol–water partition coefficient (Wildman–Crippen LogP) is 6.24. The van der Waals surface area contributed by atoms with Crippen molar-refractivity contribution in [1.82, 2.24) is 9.80 Å². The summed E-state index contributed by atoms with van der Waals surface area (Å²) < 4.78 is 19.3. The van der Waals surface area contributed by atoms with E-state index in [1.54, 1.807) is 18.1 Å². The van der Waals surface area contributed by atoms with Crippen LogP contribution in [0.25, 0.3) is 0 Å². The number of benzene rings is 3. The van der Waals surface area contributed by atoms with Gasteiger partial charge in [0.05, 0.1) is 18.7 Å². The zero-order valence-electron chi connectivity index (χ0n) is 24.3. The Morgan fingerprint density at radius 3 is 1.80 bits per heavy atom. The quantitative estimate of drug-likeness (QED) is 0.385. The van der Waals surface area contributed by atoms with Gasteiger partial charge in [0.1, 0.15) is 18.4 Å². The van der Waals surface area contributed by atoms with Gasteiger partial charge in [-0.3, -0.25) is 9.69 Å². The minimum Gasteiger partial charge on any atom is -0.496 e. The molecule has 0 spiro atoms. The van der Waals surface area contributed by atoms with Gasteiger partial charge in [-0.2, -0.15) is 0 Å². The van der Waals surface area contributed by atoms with Gasteiger partial charge in [0.2, 0.25) is 0 Å². The van der Waals surface area contributed by atoms with Crippen molar-refractivity contribution < 1.29 is 23.8 Å². The molecule has 1 saturated carbocycles. The molecule has 220 valence electrons. The standard InChI is InChI=1S/C17H19N.C15H18FNO2.CH4O.CH2O/c1-3-9-15(10-4-1)17(18-13-7-8-14-18)16-11-5-2-6-12-16;1-19-14-9-13(16)12(8-11(14)10-4-5-10)15(18)17-6-2-3-7-17;2*1-2/h1-6,9-12,17H,7-8,13-14H2;8-10H,2-7H2,1H3;2H,1H3;1H2. The van der Waals surface area contributed by atoms with Crippen LogP contribution in [0.4, 0.5) is 4.39 Å². The molecule has 3 aliphatic rings. The second-order valence-corrected chi connectivity index (χ2v) is 10.3. The molecule has 3 fully saturated rings. The van der Waals surface area contributed by atoms with Gasteiger partial charge in [-0.05, 0) is 80.3 Å². The Labute approximate surface area is 243 Å². The second-order valence-electron chi connectivity index (χ2n) is 10.3. The van der Waals surface area contributed by atoms with Crippen LogP contribution in [-0.4, -0.2) is 68.0 Å². The Morgan fingerprint density at radius 2 is 1.34 bits per heavy atom. The van der Waals surface area contributed by atoms with E-state index in [1.165, 1.54) is 43.1 Å². The Kier molecular flexibility index (Phi) is 13.0. The second kappa shape index (κ2) is 16.7. The van der Waals surface area contributed by atoms with Crippen molar-refractivity contribution >= 4 is 12.7 Å². The number of rotatable bonds is 6. The van der Waals surface area contributed by atoms with E-state index in [0.29, 0.717) is 17.7 Å². The highest BCUT2D eigenvalue weighted by Gasteiger charge is 2.30. The summed E-state index contributed by atoms with van der Waals surface area (Å²) in [5, 5.41) is 7.00. The average molecular weight is 563 g/mol. The maximum Gasteiger partial charge on any atom is 0.256 e. The number of carbonyl (C=O) groups excluding carboxylic acids is 2. The molecule has 2 heterocycles. The summed E-state index contributed by atoms with van der Waals surface area (Å²) in [6, 6.07) is 25.2. The van der Waals surface area contributed by atoms with E-state index in [1.807, 2.05) is 6.79 Å². The van der Waals surface area contributed by atoms with E-state index < -0.39 is 5.82 Å². The third-order valence-electron chi connectivity index (χ3n) is 7.70. The first-order chi connectivity index (χ1) is 20.2. The van der Waals surface area contributed by atoms with Crippen molar-refractivity contribution in [2.45, 2.75) is 50.5 Å². The van der Waals surface area contributed by atoms with Gasteiger partial charge in [0.25, 0.3) is 5.91 Å². The van der Waals surface area contributed by atoms with Crippen LogP contribution in [0.2, 0.25) is 0 Å². The summed E-state index contributed by atoms with van der Waals surface area (Å²) in [7, 11) is 2.54. The van der Waals surface area contributed by atoms with Crippen LogP contribution >= 0.6 is 0 Å². The lowest BCUT2D eigenvalue weighted by Crippen LogP contribution is -2.28. The smallest absolute Gasteiger partial charge is 0.256 e. The topological polar surface area (TPSA) is 70.1 Å². The van der Waals surface area contributed by atoms with E-state index >= 15 is 0 Å². The first-order valence-electron chi connectivity index (χ1n) is 14.4. The van der Waals surface area contributed by atoms with Crippen LogP contribution in [0.3, 0.4) is 0 Å². The molecule has 6 rings (SSSR count). The molecule has 2 saturated heterocycles. The summed E-state index contributed by atoms with van der Waals surface area (Å²) >= 11 is 0. The Balaban J connectivity index is 0.000000202. The van der Waals surface area contributed by atoms with Gasteiger partial charge in [-0.1, -0.05) is 60.7 Å². The predicted molar refractivity (Wildman–Crippen MR) is 161 cm³/mol. The minimum absolute atomic E-state index is 0.181. The van der Waals surface area contributed by atoms with Gasteiger partial charge in [-0.25, -0.2) is 4.39 Å². The number of halogens is 1. The molecule has 0 aromatic heterocycles. The van der Waals surface area contributed by atoms with Crippen molar-refractivity contribution in [3.63, 3.8) is 0 Å². The molecule has 3 aromatic rings. The number of aliphatic hydroxyl groups is 1. The number of likely N-dealkylation sites (tertiary alicyclic amines) is 2. The van der Waals surface area contributed by atoms with E-state index in [4.69, 9.17) is 14.6 Å². The molecular formula is C34H43FN2O4. The van der Waals surface area contributed by atoms with Crippen molar-refractivity contribution in [1.29, 1.82) is 0 Å². The summed E-state index contributed by atoms with van der Waals surface area (Å²) in [4.78, 5) is 24.6. The van der Waals surface area contributed by atoms with Crippen LogP contribution in [0.5, 0.6) is 5.75 Å². The van der Waals surface area contributed by atoms with Crippen molar-refractivity contribution in [2.24, 2.45) is 0 Å². The molecule has 0 unspecified atom stereocenters. The zero-order valence-corrected chi connectivity index (χ0v) is 24.3. The number of carbonyl (C=O) groups is 2. The van der Waals surface area contributed by atoms with Gasteiger partial charge in [0, 0.05) is 26.3 Å². The normalized spacial score (nSPS) is 16.1. The molecule has 1 amide bonds. The van der Waals surface area contributed by atoms with Crippen molar-refractivity contribution in [3.05, 3.63) is 101 Å². The zero-order chi connectivity index (χ0) is 29.6. The van der Waals surface area contributed by atoms with Crippen LogP contribution in [0.1, 0.15) is 77.5 Å². The molecule has 6 nitrogen and oxygen atoms in total. The first kappa shape index (κ1) is 32.0. The molecule has 41 heavy (non-hydrogen) atoms. The van der Waals surface area contributed by atoms with Crippen molar-refractivity contribution in [2.75, 3.05) is 40.4 Å². The summed E-state index contributed by atoms with van der Waals surface area (Å²) in [6.45, 7) is 5.91. The third-order valence-corrected chi connectivity index (χ3v) is 7.70. The number of aliphatic hydroxyl groups excluding tert-OH is 1. The first-order valence-corrected chi connectivity index (χ1v) is 14.4. The summed E-state index contributed by atoms with van der Waals surface area (Å²) in [6.07, 6.45) is 6.88. The molecule has 2 aliphatic heterocycles. The van der Waals surface area contributed by atoms with Gasteiger partial charge in [0.15, 0.2) is 0 Å². The largest absolute Gasteiger partial charge is 0.496 e. The van der Waals surface area contributed by atoms with E-state index in [-0.39, 0.29) is 11.5 Å². The lowest BCUT2D eigenvalue weighted by Gasteiger charge is -2.28. The van der Waals surface area contributed by atoms with Crippen molar-refractivity contribution in [3.8, 4) is 5.75 Å². The Morgan fingerprint density at radius 1 is 0.854 bits per heavy atom. The maximum absolute atomic E-state index is 14.1. The fraction of sp³-hybridized carbons (Fsp3) is 0.412. The fourth-order valence-corrected chi connectivity index (χ4v) is 5.60. The third kappa shape index (κ3) is 8.47. The van der Waals surface area contributed by atoms with Crippen LogP contribution in [0, 0.1) is 5.82 Å². The van der Waals surface area contributed by atoms with Crippen LogP contribution in [0.15, 0.2) is 72.8 Å². The van der Waals surface area contributed by atoms with Crippen LogP contribution in [-0.2, 0) is 4.79 Å². The Hall–Kier alpha value is -3.55. The molecular weight excluding hydrogens is 519 g/mol. The molecule has 0 bridgehead atoms. The maximum atomic E-state index is 14.1. The molecule has 3 aromatic carbocycles. The number of amides is 1.